The molecule has 7 nitrogen and oxygen atoms in total. The number of hydrogen-bond acceptors (Lipinski definition) is 3. The lowest BCUT2D eigenvalue weighted by molar-refractivity contribution is -0.128. The predicted molar refractivity (Wildman–Crippen MR) is 118 cm³/mol. The van der Waals surface area contributed by atoms with Gasteiger partial charge in [0.25, 0.3) is 0 Å². The molecule has 0 aliphatic carbocycles. The Kier molecular flexibility index (Phi) is 10.1. The molecule has 27 heavy (non-hydrogen) atoms. The third kappa shape index (κ3) is 7.74. The van der Waals surface area contributed by atoms with Gasteiger partial charge in [0.1, 0.15) is 0 Å². The zero-order valence-electron chi connectivity index (χ0n) is 16.3. The summed E-state index contributed by atoms with van der Waals surface area (Å²) in [5, 5.41) is 6.18. The molecule has 0 bridgehead atoms. The van der Waals surface area contributed by atoms with Gasteiger partial charge in [-0.05, 0) is 24.5 Å². The summed E-state index contributed by atoms with van der Waals surface area (Å²) in [7, 11) is 3.46. The topological polar surface area (TPSA) is 77.0 Å². The first-order valence-corrected chi connectivity index (χ1v) is 9.07. The van der Waals surface area contributed by atoms with Gasteiger partial charge in [-0.3, -0.25) is 9.59 Å². The summed E-state index contributed by atoms with van der Waals surface area (Å²) < 4.78 is 0. The van der Waals surface area contributed by atoms with Crippen molar-refractivity contribution in [2.24, 2.45) is 4.99 Å². The monoisotopic (exact) mass is 487 g/mol. The Hall–Kier alpha value is -1.84. The van der Waals surface area contributed by atoms with E-state index in [9.17, 15) is 9.59 Å². The van der Waals surface area contributed by atoms with Crippen LogP contribution >= 0.6 is 24.0 Å². The minimum Gasteiger partial charge on any atom is -0.357 e. The van der Waals surface area contributed by atoms with E-state index < -0.39 is 0 Å². The fourth-order valence-electron chi connectivity index (χ4n) is 2.67. The molecule has 0 saturated carbocycles. The van der Waals surface area contributed by atoms with Crippen LogP contribution in [-0.4, -0.2) is 61.3 Å². The van der Waals surface area contributed by atoms with Crippen LogP contribution < -0.4 is 10.6 Å². The van der Waals surface area contributed by atoms with Crippen LogP contribution in [0.4, 0.5) is 0 Å². The van der Waals surface area contributed by atoms with E-state index in [2.05, 4.69) is 15.6 Å². The van der Waals surface area contributed by atoms with Gasteiger partial charge < -0.3 is 20.4 Å². The van der Waals surface area contributed by atoms with Gasteiger partial charge in [-0.2, -0.15) is 0 Å². The van der Waals surface area contributed by atoms with E-state index in [0.717, 1.165) is 30.6 Å². The van der Waals surface area contributed by atoms with E-state index in [1.54, 1.807) is 19.0 Å². The Balaban J connectivity index is 0.00000364. The largest absolute Gasteiger partial charge is 0.357 e. The number of amides is 2. The SMILES string of the molecule is CCNC(=NCc1ccc(CN2CCCC2=O)cc1)NCC(=O)N(C)C.I. The highest BCUT2D eigenvalue weighted by molar-refractivity contribution is 14.0. The molecule has 0 spiro atoms. The van der Waals surface area contributed by atoms with Gasteiger partial charge in [0.2, 0.25) is 11.8 Å². The van der Waals surface area contributed by atoms with Crippen LogP contribution in [0.25, 0.3) is 0 Å². The molecule has 2 N–H and O–H groups in total. The number of likely N-dealkylation sites (N-methyl/N-ethyl adjacent to an activating group) is 1. The van der Waals surface area contributed by atoms with E-state index in [0.29, 0.717) is 25.5 Å². The maximum atomic E-state index is 11.7. The quantitative estimate of drug-likeness (QED) is 0.348. The molecule has 0 atom stereocenters. The number of carbonyl (C=O) groups is 2. The number of rotatable bonds is 7. The lowest BCUT2D eigenvalue weighted by atomic mass is 10.1. The zero-order chi connectivity index (χ0) is 18.9. The second-order valence-electron chi connectivity index (χ2n) is 6.57. The zero-order valence-corrected chi connectivity index (χ0v) is 18.7. The normalized spacial score (nSPS) is 14.0. The highest BCUT2D eigenvalue weighted by Gasteiger charge is 2.19. The summed E-state index contributed by atoms with van der Waals surface area (Å²) in [6.45, 7) is 4.98. The number of aliphatic imine (C=N–C) groups is 1. The molecule has 1 aromatic carbocycles. The summed E-state index contributed by atoms with van der Waals surface area (Å²) in [5.74, 6) is 0.859. The first-order chi connectivity index (χ1) is 12.5. The lowest BCUT2D eigenvalue weighted by Gasteiger charge is -2.15. The fourth-order valence-corrected chi connectivity index (χ4v) is 2.67. The molecular formula is C19H30IN5O2. The van der Waals surface area contributed by atoms with E-state index in [1.807, 2.05) is 36.1 Å². The van der Waals surface area contributed by atoms with Crippen molar-refractivity contribution in [3.05, 3.63) is 35.4 Å². The Bertz CT molecular complexity index is 646. The number of carbonyl (C=O) groups excluding carboxylic acids is 2. The number of hydrogen-bond donors (Lipinski definition) is 2. The van der Waals surface area contributed by atoms with Gasteiger partial charge in [-0.15, -0.1) is 24.0 Å². The summed E-state index contributed by atoms with van der Waals surface area (Å²) >= 11 is 0. The van der Waals surface area contributed by atoms with Gasteiger partial charge >= 0.3 is 0 Å². The van der Waals surface area contributed by atoms with Crippen molar-refractivity contribution in [1.29, 1.82) is 0 Å². The molecule has 1 aliphatic rings. The van der Waals surface area contributed by atoms with Crippen LogP contribution in [0.2, 0.25) is 0 Å². The van der Waals surface area contributed by atoms with E-state index >= 15 is 0 Å². The average molecular weight is 487 g/mol. The summed E-state index contributed by atoms with van der Waals surface area (Å²) in [6, 6.07) is 8.17. The summed E-state index contributed by atoms with van der Waals surface area (Å²) in [5.41, 5.74) is 2.22. The molecule has 1 heterocycles. The van der Waals surface area contributed by atoms with Crippen molar-refractivity contribution in [2.75, 3.05) is 33.7 Å². The molecule has 1 aromatic rings. The van der Waals surface area contributed by atoms with Crippen molar-refractivity contribution in [1.82, 2.24) is 20.4 Å². The van der Waals surface area contributed by atoms with Gasteiger partial charge in [0, 0.05) is 40.2 Å². The van der Waals surface area contributed by atoms with Gasteiger partial charge in [-0.25, -0.2) is 4.99 Å². The minimum atomic E-state index is -0.00332. The first kappa shape index (κ1) is 23.2. The molecule has 2 rings (SSSR count). The predicted octanol–water partition coefficient (Wildman–Crippen LogP) is 1.57. The van der Waals surface area contributed by atoms with E-state index in [-0.39, 0.29) is 42.3 Å². The second kappa shape index (κ2) is 11.8. The third-order valence-corrected chi connectivity index (χ3v) is 4.24. The van der Waals surface area contributed by atoms with Crippen LogP contribution in [0.5, 0.6) is 0 Å². The maximum absolute atomic E-state index is 11.7. The molecule has 1 fully saturated rings. The Morgan fingerprint density at radius 3 is 2.41 bits per heavy atom. The Morgan fingerprint density at radius 2 is 1.85 bits per heavy atom. The molecule has 1 aliphatic heterocycles. The van der Waals surface area contributed by atoms with Crippen molar-refractivity contribution in [3.8, 4) is 0 Å². The Morgan fingerprint density at radius 1 is 1.19 bits per heavy atom. The number of halogens is 1. The molecule has 2 amide bonds. The number of likely N-dealkylation sites (tertiary alicyclic amines) is 1. The summed E-state index contributed by atoms with van der Waals surface area (Å²) in [6.07, 6.45) is 1.63. The number of nitrogens with one attached hydrogen (secondary N) is 2. The standard InChI is InChI=1S/C19H29N5O2.HI/c1-4-20-19(22-13-18(26)23(2)3)21-12-15-7-9-16(10-8-15)14-24-11-5-6-17(24)25;/h7-10H,4-6,11-14H2,1-3H3,(H2,20,21,22);1H. The number of guanidine groups is 1. The minimum absolute atomic E-state index is 0. The maximum Gasteiger partial charge on any atom is 0.241 e. The fraction of sp³-hybridized carbons (Fsp3) is 0.526. The smallest absolute Gasteiger partial charge is 0.241 e. The van der Waals surface area contributed by atoms with Crippen LogP contribution in [0.15, 0.2) is 29.3 Å². The van der Waals surface area contributed by atoms with Gasteiger partial charge in [0.15, 0.2) is 5.96 Å². The molecule has 8 heteroatoms. The van der Waals surface area contributed by atoms with Crippen LogP contribution in [-0.2, 0) is 22.7 Å². The summed E-state index contributed by atoms with van der Waals surface area (Å²) in [4.78, 5) is 31.4. The second-order valence-corrected chi connectivity index (χ2v) is 6.57. The van der Waals surface area contributed by atoms with Crippen molar-refractivity contribution < 1.29 is 9.59 Å². The van der Waals surface area contributed by atoms with E-state index in [1.165, 1.54) is 0 Å². The highest BCUT2D eigenvalue weighted by Crippen LogP contribution is 2.15. The van der Waals surface area contributed by atoms with Gasteiger partial charge in [0.05, 0.1) is 13.1 Å². The van der Waals surface area contributed by atoms with Crippen molar-refractivity contribution >= 4 is 41.8 Å². The van der Waals surface area contributed by atoms with Crippen molar-refractivity contribution in [3.63, 3.8) is 0 Å². The first-order valence-electron chi connectivity index (χ1n) is 9.07. The van der Waals surface area contributed by atoms with Crippen LogP contribution in [0.1, 0.15) is 30.9 Å². The molecular weight excluding hydrogens is 457 g/mol. The van der Waals surface area contributed by atoms with Crippen LogP contribution in [0.3, 0.4) is 0 Å². The average Bonchev–Trinajstić information content (AvgIpc) is 3.03. The number of benzene rings is 1. The van der Waals surface area contributed by atoms with E-state index in [4.69, 9.17) is 0 Å². The molecule has 0 aromatic heterocycles. The molecule has 150 valence electrons. The van der Waals surface area contributed by atoms with Crippen molar-refractivity contribution in [2.45, 2.75) is 32.9 Å². The van der Waals surface area contributed by atoms with Gasteiger partial charge in [-0.1, -0.05) is 24.3 Å². The molecule has 0 radical (unpaired) electrons. The Labute approximate surface area is 178 Å². The lowest BCUT2D eigenvalue weighted by Crippen LogP contribution is -2.42. The molecule has 1 saturated heterocycles. The van der Waals surface area contributed by atoms with Crippen LogP contribution in [0, 0.1) is 0 Å². The third-order valence-electron chi connectivity index (χ3n) is 4.24. The highest BCUT2D eigenvalue weighted by atomic mass is 127. The molecule has 0 unspecified atom stereocenters. The number of nitrogens with zero attached hydrogens (tertiary/aromatic N) is 3.